The molecule has 0 aliphatic rings. The highest BCUT2D eigenvalue weighted by Crippen LogP contribution is 2.20. The van der Waals surface area contributed by atoms with Crippen molar-refractivity contribution in [2.45, 2.75) is 55.4 Å². The van der Waals surface area contributed by atoms with Crippen LogP contribution in [0.1, 0.15) is 73.4 Å². The second-order valence-electron chi connectivity index (χ2n) is 5.98. The Morgan fingerprint density at radius 2 is 0.719 bits per heavy atom. The first-order valence-electron chi connectivity index (χ1n) is 11.2. The third-order valence-electron chi connectivity index (χ3n) is 3.82. The van der Waals surface area contributed by atoms with Gasteiger partial charge in [-0.05, 0) is 62.4 Å². The minimum absolute atomic E-state index is 0.380. The molecule has 0 N–H and O–H groups in total. The first-order valence-corrected chi connectivity index (χ1v) is 11.2. The zero-order chi connectivity index (χ0) is 24.5. The number of rotatable bonds is 4. The molecule has 0 amide bonds. The zero-order valence-electron chi connectivity index (χ0n) is 20.6. The van der Waals surface area contributed by atoms with Crippen LogP contribution in [0.3, 0.4) is 0 Å². The lowest BCUT2D eigenvalue weighted by Crippen LogP contribution is -2.09. The van der Waals surface area contributed by atoms with Crippen molar-refractivity contribution in [3.63, 3.8) is 0 Å². The van der Waals surface area contributed by atoms with E-state index in [1.165, 1.54) is 0 Å². The molecule has 0 atom stereocenters. The molecular weight excluding hydrogens is 400 g/mol. The van der Waals surface area contributed by atoms with E-state index < -0.39 is 11.9 Å². The van der Waals surface area contributed by atoms with Crippen molar-refractivity contribution in [3.8, 4) is 11.5 Å². The summed E-state index contributed by atoms with van der Waals surface area (Å²) in [6.45, 7) is 15.9. The fraction of sp³-hybridized carbons (Fsp3) is 0.286. The Labute approximate surface area is 193 Å². The van der Waals surface area contributed by atoms with Gasteiger partial charge in [0.25, 0.3) is 0 Å². The number of carbonyl (C=O) groups is 2. The van der Waals surface area contributed by atoms with E-state index in [-0.39, 0.29) is 0 Å². The zero-order valence-corrected chi connectivity index (χ0v) is 20.6. The van der Waals surface area contributed by atoms with Gasteiger partial charge in [-0.25, -0.2) is 9.59 Å². The van der Waals surface area contributed by atoms with Crippen molar-refractivity contribution in [3.05, 3.63) is 95.1 Å². The van der Waals surface area contributed by atoms with E-state index in [4.69, 9.17) is 9.47 Å². The monoisotopic (exact) mass is 436 g/mol. The molecule has 32 heavy (non-hydrogen) atoms. The van der Waals surface area contributed by atoms with Gasteiger partial charge >= 0.3 is 11.9 Å². The molecule has 0 heterocycles. The summed E-state index contributed by atoms with van der Waals surface area (Å²) in [5.74, 6) is -0.111. The van der Waals surface area contributed by atoms with Gasteiger partial charge in [-0.2, -0.15) is 0 Å². The van der Waals surface area contributed by atoms with Gasteiger partial charge in [-0.15, -0.1) is 0 Å². The third-order valence-corrected chi connectivity index (χ3v) is 3.82. The van der Waals surface area contributed by atoms with Crippen molar-refractivity contribution in [2.75, 3.05) is 0 Å². The summed E-state index contributed by atoms with van der Waals surface area (Å²) in [6, 6.07) is 20.6. The molecule has 3 aromatic carbocycles. The summed E-state index contributed by atoms with van der Waals surface area (Å²) in [5.41, 5.74) is 3.10. The van der Waals surface area contributed by atoms with Crippen molar-refractivity contribution in [1.82, 2.24) is 0 Å². The standard InChI is InChI=1S/C22H18O4.3C2H6/c1-15-3-7-17(8-4-15)21(23)25-19-11-13-20(14-12-19)26-22(24)18-9-5-16(2)6-10-18;3*1-2/h3-14H,1-2H3;3*1-2H3. The lowest BCUT2D eigenvalue weighted by Gasteiger charge is -2.07. The first kappa shape index (κ1) is 28.6. The van der Waals surface area contributed by atoms with Gasteiger partial charge in [-0.1, -0.05) is 76.9 Å². The lowest BCUT2D eigenvalue weighted by atomic mass is 10.1. The molecule has 0 radical (unpaired) electrons. The number of aryl methyl sites for hydroxylation is 2. The molecule has 0 fully saturated rings. The van der Waals surface area contributed by atoms with E-state index in [1.54, 1.807) is 48.5 Å². The Kier molecular flexibility index (Phi) is 14.6. The fourth-order valence-corrected chi connectivity index (χ4v) is 2.29. The molecule has 0 spiro atoms. The number of carbonyl (C=O) groups excluding carboxylic acids is 2. The van der Waals surface area contributed by atoms with E-state index >= 15 is 0 Å². The van der Waals surface area contributed by atoms with Crippen LogP contribution in [0.2, 0.25) is 0 Å². The van der Waals surface area contributed by atoms with E-state index in [0.29, 0.717) is 22.6 Å². The molecule has 0 unspecified atom stereocenters. The van der Waals surface area contributed by atoms with E-state index in [0.717, 1.165) is 11.1 Å². The fourth-order valence-electron chi connectivity index (χ4n) is 2.29. The Morgan fingerprint density at radius 1 is 0.469 bits per heavy atom. The van der Waals surface area contributed by atoms with E-state index in [1.807, 2.05) is 79.7 Å². The summed E-state index contributed by atoms with van der Waals surface area (Å²) < 4.78 is 10.6. The summed E-state index contributed by atoms with van der Waals surface area (Å²) in [7, 11) is 0. The highest BCUT2D eigenvalue weighted by Gasteiger charge is 2.10. The smallest absolute Gasteiger partial charge is 0.343 e. The second kappa shape index (κ2) is 16.3. The molecular formula is C28H36O4. The van der Waals surface area contributed by atoms with Crippen LogP contribution in [0.15, 0.2) is 72.8 Å². The number of esters is 2. The summed E-state index contributed by atoms with van der Waals surface area (Å²) in [5, 5.41) is 0. The Bertz CT molecular complexity index is 831. The average molecular weight is 437 g/mol. The van der Waals surface area contributed by atoms with Gasteiger partial charge < -0.3 is 9.47 Å². The minimum Gasteiger partial charge on any atom is -0.423 e. The van der Waals surface area contributed by atoms with Crippen LogP contribution in [0.4, 0.5) is 0 Å². The molecule has 0 bridgehead atoms. The van der Waals surface area contributed by atoms with E-state index in [9.17, 15) is 9.59 Å². The number of ether oxygens (including phenoxy) is 2. The highest BCUT2D eigenvalue weighted by molar-refractivity contribution is 5.91. The van der Waals surface area contributed by atoms with Gasteiger partial charge in [0.05, 0.1) is 11.1 Å². The maximum atomic E-state index is 12.1. The van der Waals surface area contributed by atoms with Gasteiger partial charge in [0.15, 0.2) is 0 Å². The molecule has 4 heteroatoms. The van der Waals surface area contributed by atoms with Crippen molar-refractivity contribution >= 4 is 11.9 Å². The molecule has 0 saturated carbocycles. The average Bonchev–Trinajstić information content (AvgIpc) is 2.85. The number of hydrogen-bond acceptors (Lipinski definition) is 4. The molecule has 0 saturated heterocycles. The number of hydrogen-bond donors (Lipinski definition) is 0. The molecule has 3 aromatic rings. The second-order valence-corrected chi connectivity index (χ2v) is 5.98. The number of benzene rings is 3. The minimum atomic E-state index is -0.436. The maximum Gasteiger partial charge on any atom is 0.343 e. The first-order chi connectivity index (χ1) is 15.5. The molecule has 0 aliphatic heterocycles. The van der Waals surface area contributed by atoms with Crippen LogP contribution in [-0.2, 0) is 0 Å². The van der Waals surface area contributed by atoms with Crippen LogP contribution in [0, 0.1) is 13.8 Å². The van der Waals surface area contributed by atoms with Gasteiger partial charge in [-0.3, -0.25) is 0 Å². The molecule has 0 aliphatic carbocycles. The highest BCUT2D eigenvalue weighted by atomic mass is 16.5. The Balaban J connectivity index is 0.00000148. The third kappa shape index (κ3) is 9.61. The largest absolute Gasteiger partial charge is 0.423 e. The quantitative estimate of drug-likeness (QED) is 0.309. The van der Waals surface area contributed by atoms with Gasteiger partial charge in [0.1, 0.15) is 11.5 Å². The molecule has 3 rings (SSSR count). The van der Waals surface area contributed by atoms with Crippen molar-refractivity contribution < 1.29 is 19.1 Å². The van der Waals surface area contributed by atoms with Gasteiger partial charge in [0, 0.05) is 0 Å². The predicted molar refractivity (Wildman–Crippen MR) is 133 cm³/mol. The lowest BCUT2D eigenvalue weighted by molar-refractivity contribution is 0.0719. The predicted octanol–water partition coefficient (Wildman–Crippen LogP) is 7.82. The van der Waals surface area contributed by atoms with Crippen LogP contribution in [0.25, 0.3) is 0 Å². The molecule has 0 aromatic heterocycles. The topological polar surface area (TPSA) is 52.6 Å². The van der Waals surface area contributed by atoms with Gasteiger partial charge in [0.2, 0.25) is 0 Å². The van der Waals surface area contributed by atoms with Crippen molar-refractivity contribution in [1.29, 1.82) is 0 Å². The summed E-state index contributed by atoms with van der Waals surface area (Å²) >= 11 is 0. The van der Waals surface area contributed by atoms with Crippen LogP contribution >= 0.6 is 0 Å². The normalized spacial score (nSPS) is 8.88. The van der Waals surface area contributed by atoms with Crippen molar-refractivity contribution in [2.24, 2.45) is 0 Å². The SMILES string of the molecule is CC.CC.CC.Cc1ccc(C(=O)Oc2ccc(OC(=O)c3ccc(C)cc3)cc2)cc1. The van der Waals surface area contributed by atoms with Crippen LogP contribution < -0.4 is 9.47 Å². The molecule has 4 nitrogen and oxygen atoms in total. The van der Waals surface area contributed by atoms with Crippen LogP contribution in [0.5, 0.6) is 11.5 Å². The maximum absolute atomic E-state index is 12.1. The Hall–Kier alpha value is -3.40. The van der Waals surface area contributed by atoms with E-state index in [2.05, 4.69) is 0 Å². The summed E-state index contributed by atoms with van der Waals surface area (Å²) in [4.78, 5) is 24.2. The van der Waals surface area contributed by atoms with Crippen LogP contribution in [-0.4, -0.2) is 11.9 Å². The summed E-state index contributed by atoms with van der Waals surface area (Å²) in [6.07, 6.45) is 0. The molecule has 172 valence electrons. The Morgan fingerprint density at radius 3 is 0.969 bits per heavy atom.